The Balaban J connectivity index is 2.08. The number of amides is 3. The van der Waals surface area contributed by atoms with Crippen LogP contribution in [0.25, 0.3) is 0 Å². The van der Waals surface area contributed by atoms with Crippen LogP contribution in [-0.4, -0.2) is 18.5 Å². The van der Waals surface area contributed by atoms with Crippen molar-refractivity contribution in [3.63, 3.8) is 0 Å². The molecule has 1 aliphatic heterocycles. The van der Waals surface area contributed by atoms with Crippen LogP contribution in [0.4, 0.5) is 10.5 Å². The Labute approximate surface area is 99.6 Å². The van der Waals surface area contributed by atoms with Crippen LogP contribution in [0, 0.1) is 0 Å². The Hall–Kier alpha value is -1.84. The molecule has 0 aromatic heterocycles. The number of hydrogen-bond donors (Lipinski definition) is 1. The third kappa shape index (κ3) is 1.60. The number of rotatable bonds is 1. The third-order valence-corrected chi connectivity index (χ3v) is 3.46. The first-order chi connectivity index (χ1) is 8.27. The molecule has 0 atom stereocenters. The van der Waals surface area contributed by atoms with Gasteiger partial charge in [0.05, 0.1) is 12.2 Å². The molecule has 0 saturated carbocycles. The normalized spacial score (nSPS) is 19.2. The number of imide groups is 1. The van der Waals surface area contributed by atoms with Gasteiger partial charge in [-0.3, -0.25) is 4.79 Å². The number of aryl methyl sites for hydroxylation is 1. The fourth-order valence-corrected chi connectivity index (χ4v) is 2.64. The van der Waals surface area contributed by atoms with Gasteiger partial charge in [-0.15, -0.1) is 0 Å². The van der Waals surface area contributed by atoms with Crippen LogP contribution in [0.5, 0.6) is 0 Å². The van der Waals surface area contributed by atoms with Crippen LogP contribution in [0.3, 0.4) is 0 Å². The van der Waals surface area contributed by atoms with E-state index in [1.54, 1.807) is 0 Å². The smallest absolute Gasteiger partial charge is 0.328 e. The molecule has 4 heteroatoms. The SMILES string of the molecule is O=C1CNC(=O)N1c1cccc2c1CCCC2. The highest BCUT2D eigenvalue weighted by Gasteiger charge is 2.32. The van der Waals surface area contributed by atoms with Crippen molar-refractivity contribution in [3.05, 3.63) is 29.3 Å². The maximum absolute atomic E-state index is 11.7. The minimum atomic E-state index is -0.297. The van der Waals surface area contributed by atoms with Crippen molar-refractivity contribution >= 4 is 17.6 Å². The van der Waals surface area contributed by atoms with E-state index < -0.39 is 0 Å². The first-order valence-corrected chi connectivity index (χ1v) is 5.99. The Morgan fingerprint density at radius 3 is 2.71 bits per heavy atom. The number of hydrogen-bond acceptors (Lipinski definition) is 2. The summed E-state index contributed by atoms with van der Waals surface area (Å²) in [6.45, 7) is 0.114. The van der Waals surface area contributed by atoms with Crippen molar-refractivity contribution in [1.82, 2.24) is 5.32 Å². The van der Waals surface area contributed by atoms with Gasteiger partial charge in [-0.2, -0.15) is 0 Å². The predicted octanol–water partition coefficient (Wildman–Crippen LogP) is 1.62. The Morgan fingerprint density at radius 1 is 1.12 bits per heavy atom. The lowest BCUT2D eigenvalue weighted by Gasteiger charge is -2.22. The number of benzene rings is 1. The molecule has 0 unspecified atom stereocenters. The highest BCUT2D eigenvalue weighted by molar-refractivity contribution is 6.20. The van der Waals surface area contributed by atoms with Crippen molar-refractivity contribution in [1.29, 1.82) is 0 Å². The molecule has 1 N–H and O–H groups in total. The fraction of sp³-hybridized carbons (Fsp3) is 0.385. The van der Waals surface area contributed by atoms with Crippen molar-refractivity contribution < 1.29 is 9.59 Å². The van der Waals surface area contributed by atoms with Gasteiger partial charge in [0.2, 0.25) is 0 Å². The van der Waals surface area contributed by atoms with Gasteiger partial charge in [-0.1, -0.05) is 12.1 Å². The van der Waals surface area contributed by atoms with Crippen molar-refractivity contribution in [2.24, 2.45) is 0 Å². The van der Waals surface area contributed by atoms with E-state index in [4.69, 9.17) is 0 Å². The summed E-state index contributed by atoms with van der Waals surface area (Å²) in [5, 5.41) is 2.56. The molecule has 1 aliphatic carbocycles. The molecule has 1 fully saturated rings. The summed E-state index contributed by atoms with van der Waals surface area (Å²) in [6.07, 6.45) is 4.33. The standard InChI is InChI=1S/C13H14N2O2/c16-12-8-14-13(17)15(12)11-7-3-5-9-4-1-2-6-10(9)11/h3,5,7H,1-2,4,6,8H2,(H,14,17). The zero-order chi connectivity index (χ0) is 11.8. The monoisotopic (exact) mass is 230 g/mol. The van der Waals surface area contributed by atoms with Crippen LogP contribution in [0.2, 0.25) is 0 Å². The van der Waals surface area contributed by atoms with Crippen LogP contribution in [0.1, 0.15) is 24.0 Å². The molecular weight excluding hydrogens is 216 g/mol. The number of carbonyl (C=O) groups excluding carboxylic acids is 2. The highest BCUT2D eigenvalue weighted by atomic mass is 16.2. The molecule has 2 aliphatic rings. The average molecular weight is 230 g/mol. The number of urea groups is 1. The van der Waals surface area contributed by atoms with Gasteiger partial charge >= 0.3 is 6.03 Å². The van der Waals surface area contributed by atoms with Crippen molar-refractivity contribution in [3.8, 4) is 0 Å². The quantitative estimate of drug-likeness (QED) is 0.745. The molecule has 0 spiro atoms. The third-order valence-electron chi connectivity index (χ3n) is 3.46. The molecule has 1 aromatic carbocycles. The lowest BCUT2D eigenvalue weighted by Crippen LogP contribution is -2.32. The minimum Gasteiger partial charge on any atom is -0.328 e. The molecule has 1 heterocycles. The second kappa shape index (κ2) is 3.87. The lowest BCUT2D eigenvalue weighted by atomic mass is 9.90. The van der Waals surface area contributed by atoms with E-state index in [9.17, 15) is 9.59 Å². The molecule has 0 bridgehead atoms. The van der Waals surface area contributed by atoms with Gasteiger partial charge in [-0.25, -0.2) is 9.69 Å². The molecule has 0 radical (unpaired) electrons. The second-order valence-electron chi connectivity index (χ2n) is 4.51. The van der Waals surface area contributed by atoms with Gasteiger partial charge in [0.25, 0.3) is 5.91 Å². The Morgan fingerprint density at radius 2 is 1.94 bits per heavy atom. The number of anilines is 1. The molecule has 3 rings (SSSR count). The molecule has 88 valence electrons. The zero-order valence-electron chi connectivity index (χ0n) is 9.53. The van der Waals surface area contributed by atoms with Gasteiger partial charge in [0.15, 0.2) is 0 Å². The van der Waals surface area contributed by atoms with Gasteiger partial charge in [-0.05, 0) is 42.9 Å². The summed E-state index contributed by atoms with van der Waals surface area (Å²) >= 11 is 0. The second-order valence-corrected chi connectivity index (χ2v) is 4.51. The lowest BCUT2D eigenvalue weighted by molar-refractivity contribution is -0.115. The van der Waals surface area contributed by atoms with Crippen molar-refractivity contribution in [2.45, 2.75) is 25.7 Å². The molecule has 3 amide bonds. The fourth-order valence-electron chi connectivity index (χ4n) is 2.64. The van der Waals surface area contributed by atoms with E-state index in [1.165, 1.54) is 22.4 Å². The number of fused-ring (bicyclic) bond motifs is 1. The van der Waals surface area contributed by atoms with Crippen LogP contribution in [-0.2, 0) is 17.6 Å². The predicted molar refractivity (Wildman–Crippen MR) is 64.0 cm³/mol. The molecular formula is C13H14N2O2. The van der Waals surface area contributed by atoms with E-state index in [1.807, 2.05) is 12.1 Å². The largest absolute Gasteiger partial charge is 0.329 e. The summed E-state index contributed by atoms with van der Waals surface area (Å²) in [6, 6.07) is 5.59. The molecule has 17 heavy (non-hydrogen) atoms. The summed E-state index contributed by atoms with van der Waals surface area (Å²) in [5.74, 6) is -0.158. The maximum atomic E-state index is 11.7. The Kier molecular flexibility index (Phi) is 2.35. The molecule has 1 aromatic rings. The van der Waals surface area contributed by atoms with E-state index in [0.717, 1.165) is 24.9 Å². The summed E-state index contributed by atoms with van der Waals surface area (Å²) in [7, 11) is 0. The zero-order valence-corrected chi connectivity index (χ0v) is 9.53. The van der Waals surface area contributed by atoms with E-state index >= 15 is 0 Å². The minimum absolute atomic E-state index is 0.114. The summed E-state index contributed by atoms with van der Waals surface area (Å²) < 4.78 is 0. The Bertz CT molecular complexity index is 480. The van der Waals surface area contributed by atoms with Crippen LogP contribution < -0.4 is 10.2 Å². The van der Waals surface area contributed by atoms with E-state index in [-0.39, 0.29) is 18.5 Å². The van der Waals surface area contributed by atoms with Crippen LogP contribution >= 0.6 is 0 Å². The van der Waals surface area contributed by atoms with Crippen molar-refractivity contribution in [2.75, 3.05) is 11.4 Å². The number of nitrogens with zero attached hydrogens (tertiary/aromatic N) is 1. The average Bonchev–Trinajstić information content (AvgIpc) is 2.69. The van der Waals surface area contributed by atoms with Gasteiger partial charge in [0, 0.05) is 0 Å². The van der Waals surface area contributed by atoms with Crippen LogP contribution in [0.15, 0.2) is 18.2 Å². The summed E-state index contributed by atoms with van der Waals surface area (Å²) in [4.78, 5) is 24.7. The molecule has 1 saturated heterocycles. The van der Waals surface area contributed by atoms with E-state index in [0.29, 0.717) is 0 Å². The first kappa shape index (κ1) is 10.3. The van der Waals surface area contributed by atoms with Gasteiger partial charge in [0.1, 0.15) is 0 Å². The summed E-state index contributed by atoms with van der Waals surface area (Å²) in [5.41, 5.74) is 3.23. The van der Waals surface area contributed by atoms with Gasteiger partial charge < -0.3 is 5.32 Å². The maximum Gasteiger partial charge on any atom is 0.329 e. The number of carbonyl (C=O) groups is 2. The molecule has 4 nitrogen and oxygen atoms in total. The topological polar surface area (TPSA) is 49.4 Å². The highest BCUT2D eigenvalue weighted by Crippen LogP contribution is 2.31. The number of nitrogens with one attached hydrogen (secondary N) is 1. The van der Waals surface area contributed by atoms with E-state index in [2.05, 4.69) is 11.4 Å². The first-order valence-electron chi connectivity index (χ1n) is 5.99.